The summed E-state index contributed by atoms with van der Waals surface area (Å²) >= 11 is 0. The minimum atomic E-state index is -1.65. The zero-order valence-electron chi connectivity index (χ0n) is 11.7. The number of hydrogen-bond donors (Lipinski definition) is 2. The van der Waals surface area contributed by atoms with Gasteiger partial charge in [0.15, 0.2) is 17.5 Å². The summed E-state index contributed by atoms with van der Waals surface area (Å²) < 4.78 is 39.5. The predicted octanol–water partition coefficient (Wildman–Crippen LogP) is 2.97. The molecule has 8 heteroatoms. The lowest BCUT2D eigenvalue weighted by atomic mass is 10.2. The number of carbonyl (C=O) groups is 1. The molecule has 2 aromatic rings. The van der Waals surface area contributed by atoms with Crippen molar-refractivity contribution in [1.29, 1.82) is 0 Å². The molecule has 0 spiro atoms. The molecule has 2 N–H and O–H groups in total. The van der Waals surface area contributed by atoms with Gasteiger partial charge in [-0.2, -0.15) is 0 Å². The number of amides is 1. The summed E-state index contributed by atoms with van der Waals surface area (Å²) in [7, 11) is 0. The van der Waals surface area contributed by atoms with Crippen molar-refractivity contribution in [1.82, 2.24) is 9.97 Å². The molecular formula is C14H13F3N4O. The molecule has 0 fully saturated rings. The molecule has 5 nitrogen and oxygen atoms in total. The fourth-order valence-corrected chi connectivity index (χ4v) is 1.62. The highest BCUT2D eigenvalue weighted by molar-refractivity contribution is 6.03. The van der Waals surface area contributed by atoms with Gasteiger partial charge in [-0.15, -0.1) is 0 Å². The smallest absolute Gasteiger partial charge is 0.274 e. The maximum absolute atomic E-state index is 13.5. The van der Waals surface area contributed by atoms with Crippen LogP contribution in [0.25, 0.3) is 0 Å². The molecule has 0 aliphatic heterocycles. The summed E-state index contributed by atoms with van der Waals surface area (Å²) in [6.45, 7) is 2.58. The molecule has 0 unspecified atom stereocenters. The van der Waals surface area contributed by atoms with E-state index in [2.05, 4.69) is 20.6 Å². The van der Waals surface area contributed by atoms with Gasteiger partial charge >= 0.3 is 0 Å². The highest BCUT2D eigenvalue weighted by Crippen LogP contribution is 2.20. The van der Waals surface area contributed by atoms with Crippen LogP contribution in [0.2, 0.25) is 0 Å². The molecule has 0 atom stereocenters. The number of rotatable bonds is 5. The zero-order valence-corrected chi connectivity index (χ0v) is 11.7. The molecule has 0 saturated heterocycles. The van der Waals surface area contributed by atoms with Gasteiger partial charge in [-0.1, -0.05) is 6.92 Å². The second-order valence-electron chi connectivity index (χ2n) is 4.37. The van der Waals surface area contributed by atoms with E-state index in [0.29, 0.717) is 6.54 Å². The Bertz CT molecular complexity index is 694. The minimum absolute atomic E-state index is 0.0299. The maximum atomic E-state index is 13.5. The van der Waals surface area contributed by atoms with Gasteiger partial charge in [0, 0.05) is 12.7 Å². The van der Waals surface area contributed by atoms with E-state index in [4.69, 9.17) is 0 Å². The fourth-order valence-electron chi connectivity index (χ4n) is 1.62. The van der Waals surface area contributed by atoms with Crippen LogP contribution in [0, 0.1) is 17.5 Å². The molecule has 116 valence electrons. The number of aromatic nitrogens is 2. The van der Waals surface area contributed by atoms with E-state index in [9.17, 15) is 18.0 Å². The SMILES string of the molecule is CCCNc1nccc(C(=O)Nc2ccc(F)c(F)c2F)n1. The third-order valence-electron chi connectivity index (χ3n) is 2.70. The summed E-state index contributed by atoms with van der Waals surface area (Å²) in [6.07, 6.45) is 2.21. The van der Waals surface area contributed by atoms with Crippen LogP contribution in [0.4, 0.5) is 24.8 Å². The van der Waals surface area contributed by atoms with Crippen LogP contribution in [0.5, 0.6) is 0 Å². The van der Waals surface area contributed by atoms with Gasteiger partial charge in [0.1, 0.15) is 5.69 Å². The van der Waals surface area contributed by atoms with Gasteiger partial charge in [-0.25, -0.2) is 23.1 Å². The van der Waals surface area contributed by atoms with Crippen molar-refractivity contribution in [2.45, 2.75) is 13.3 Å². The van der Waals surface area contributed by atoms with E-state index >= 15 is 0 Å². The summed E-state index contributed by atoms with van der Waals surface area (Å²) in [4.78, 5) is 19.9. The number of nitrogens with one attached hydrogen (secondary N) is 2. The second kappa shape index (κ2) is 6.88. The first-order chi connectivity index (χ1) is 10.5. The second-order valence-corrected chi connectivity index (χ2v) is 4.37. The molecule has 0 radical (unpaired) electrons. The first kappa shape index (κ1) is 15.7. The Kier molecular flexibility index (Phi) is 4.92. The normalized spacial score (nSPS) is 10.4. The van der Waals surface area contributed by atoms with E-state index in [1.807, 2.05) is 6.92 Å². The molecule has 1 heterocycles. The molecule has 2 rings (SSSR count). The molecule has 0 aliphatic rings. The Balaban J connectivity index is 2.17. The zero-order chi connectivity index (χ0) is 16.1. The Hall–Kier alpha value is -2.64. The lowest BCUT2D eigenvalue weighted by Crippen LogP contribution is -2.17. The largest absolute Gasteiger partial charge is 0.354 e. The number of nitrogens with zero attached hydrogens (tertiary/aromatic N) is 2. The third-order valence-corrected chi connectivity index (χ3v) is 2.70. The Morgan fingerprint density at radius 3 is 2.68 bits per heavy atom. The number of benzene rings is 1. The molecule has 1 aromatic heterocycles. The quantitative estimate of drug-likeness (QED) is 0.833. The van der Waals surface area contributed by atoms with E-state index in [-0.39, 0.29) is 11.6 Å². The van der Waals surface area contributed by atoms with Crippen LogP contribution >= 0.6 is 0 Å². The number of anilines is 2. The Labute approximate surface area is 124 Å². The molecular weight excluding hydrogens is 297 g/mol. The maximum Gasteiger partial charge on any atom is 0.274 e. The predicted molar refractivity (Wildman–Crippen MR) is 75.1 cm³/mol. The highest BCUT2D eigenvalue weighted by Gasteiger charge is 2.16. The van der Waals surface area contributed by atoms with Crippen molar-refractivity contribution in [3.8, 4) is 0 Å². The summed E-state index contributed by atoms with van der Waals surface area (Å²) in [5.74, 6) is -4.95. The first-order valence-corrected chi connectivity index (χ1v) is 6.54. The van der Waals surface area contributed by atoms with Crippen LogP contribution in [0.1, 0.15) is 23.8 Å². The van der Waals surface area contributed by atoms with Crippen molar-refractivity contribution in [2.24, 2.45) is 0 Å². The van der Waals surface area contributed by atoms with Crippen molar-refractivity contribution < 1.29 is 18.0 Å². The van der Waals surface area contributed by atoms with E-state index in [1.165, 1.54) is 12.3 Å². The third kappa shape index (κ3) is 3.51. The van der Waals surface area contributed by atoms with Gasteiger partial charge < -0.3 is 10.6 Å². The van der Waals surface area contributed by atoms with Crippen molar-refractivity contribution in [2.75, 3.05) is 17.2 Å². The van der Waals surface area contributed by atoms with Gasteiger partial charge in [0.25, 0.3) is 5.91 Å². The Morgan fingerprint density at radius 2 is 1.95 bits per heavy atom. The van der Waals surface area contributed by atoms with E-state index < -0.39 is 29.0 Å². The Morgan fingerprint density at radius 1 is 1.18 bits per heavy atom. The van der Waals surface area contributed by atoms with Gasteiger partial charge in [0.2, 0.25) is 5.95 Å². The standard InChI is InChI=1S/C14H13F3N4O/c1-2-6-18-14-19-7-5-10(21-14)13(22)20-9-4-3-8(15)11(16)12(9)17/h3-5,7H,2,6H2,1H3,(H,20,22)(H,18,19,21). The van der Waals surface area contributed by atoms with Crippen molar-refractivity contribution >= 4 is 17.5 Å². The number of carbonyl (C=O) groups excluding carboxylic acids is 1. The van der Waals surface area contributed by atoms with Gasteiger partial charge in [-0.3, -0.25) is 4.79 Å². The highest BCUT2D eigenvalue weighted by atomic mass is 19.2. The van der Waals surface area contributed by atoms with Crippen LogP contribution in [0.15, 0.2) is 24.4 Å². The minimum Gasteiger partial charge on any atom is -0.354 e. The summed E-state index contributed by atoms with van der Waals surface area (Å²) in [5, 5.41) is 5.03. The summed E-state index contributed by atoms with van der Waals surface area (Å²) in [5.41, 5.74) is -0.497. The molecule has 1 aromatic carbocycles. The molecule has 0 saturated carbocycles. The fraction of sp³-hybridized carbons (Fsp3) is 0.214. The van der Waals surface area contributed by atoms with Crippen LogP contribution in [-0.4, -0.2) is 22.4 Å². The molecule has 0 bridgehead atoms. The van der Waals surface area contributed by atoms with Crippen LogP contribution < -0.4 is 10.6 Å². The summed E-state index contributed by atoms with van der Waals surface area (Å²) in [6, 6.07) is 2.98. The van der Waals surface area contributed by atoms with E-state index in [0.717, 1.165) is 18.6 Å². The average Bonchev–Trinajstić information content (AvgIpc) is 2.53. The van der Waals surface area contributed by atoms with Crippen molar-refractivity contribution in [3.05, 3.63) is 47.5 Å². The molecule has 1 amide bonds. The van der Waals surface area contributed by atoms with Gasteiger partial charge in [0.05, 0.1) is 5.69 Å². The topological polar surface area (TPSA) is 66.9 Å². The number of halogens is 3. The average molecular weight is 310 g/mol. The lowest BCUT2D eigenvalue weighted by molar-refractivity contribution is 0.102. The molecule has 0 aliphatic carbocycles. The number of hydrogen-bond acceptors (Lipinski definition) is 4. The van der Waals surface area contributed by atoms with E-state index in [1.54, 1.807) is 0 Å². The monoisotopic (exact) mass is 310 g/mol. The molecule has 22 heavy (non-hydrogen) atoms. The van der Waals surface area contributed by atoms with Crippen molar-refractivity contribution in [3.63, 3.8) is 0 Å². The van der Waals surface area contributed by atoms with Crippen LogP contribution in [0.3, 0.4) is 0 Å². The van der Waals surface area contributed by atoms with Gasteiger partial charge in [-0.05, 0) is 24.6 Å². The lowest BCUT2D eigenvalue weighted by Gasteiger charge is -2.08. The van der Waals surface area contributed by atoms with Crippen LogP contribution in [-0.2, 0) is 0 Å². The first-order valence-electron chi connectivity index (χ1n) is 6.54.